The van der Waals surface area contributed by atoms with Crippen LogP contribution in [-0.4, -0.2) is 48.7 Å². The average molecular weight is 521 g/mol. The van der Waals surface area contributed by atoms with Gasteiger partial charge in [0.05, 0.1) is 11.3 Å². The maximum absolute atomic E-state index is 13.1. The summed E-state index contributed by atoms with van der Waals surface area (Å²) in [6.45, 7) is 10.2. The second-order valence-corrected chi connectivity index (χ2v) is 10.4. The van der Waals surface area contributed by atoms with E-state index >= 15 is 0 Å². The van der Waals surface area contributed by atoms with Crippen molar-refractivity contribution in [1.82, 2.24) is 4.90 Å². The van der Waals surface area contributed by atoms with Gasteiger partial charge < -0.3 is 25.2 Å². The third-order valence-corrected chi connectivity index (χ3v) is 6.54. The van der Waals surface area contributed by atoms with Gasteiger partial charge in [0.2, 0.25) is 0 Å². The van der Waals surface area contributed by atoms with Crippen molar-refractivity contribution in [2.24, 2.45) is 0 Å². The molecule has 1 fully saturated rings. The van der Waals surface area contributed by atoms with Crippen molar-refractivity contribution >= 4 is 46.4 Å². The van der Waals surface area contributed by atoms with Crippen molar-refractivity contribution < 1.29 is 14.3 Å². The van der Waals surface area contributed by atoms with Crippen LogP contribution in [0.2, 0.25) is 5.02 Å². The molecular weight excluding hydrogens is 488 g/mol. The highest BCUT2D eigenvalue weighted by molar-refractivity contribution is 6.31. The molecule has 37 heavy (non-hydrogen) atoms. The van der Waals surface area contributed by atoms with Crippen molar-refractivity contribution in [3.05, 3.63) is 82.9 Å². The first-order valence-corrected chi connectivity index (χ1v) is 12.7. The van der Waals surface area contributed by atoms with Gasteiger partial charge in [0.15, 0.2) is 0 Å². The van der Waals surface area contributed by atoms with Gasteiger partial charge in [-0.05, 0) is 81.8 Å². The Labute approximate surface area is 223 Å². The van der Waals surface area contributed by atoms with Crippen LogP contribution in [0.25, 0.3) is 0 Å². The van der Waals surface area contributed by atoms with Crippen molar-refractivity contribution in [2.45, 2.75) is 33.3 Å². The molecule has 1 heterocycles. The standard InChI is InChI=1S/C29H33ClN4O3/c1-20-24(30)9-7-11-25(20)32-26-10-6-5-8-23(26)27(35)31-21-12-14-22(15-13-21)33-16-18-34(19-17-33)28(36)37-29(2,3)4/h5-15,32H,16-19H2,1-4H3,(H,31,35). The van der Waals surface area contributed by atoms with Gasteiger partial charge in [-0.3, -0.25) is 4.79 Å². The lowest BCUT2D eigenvalue weighted by Gasteiger charge is -2.36. The van der Waals surface area contributed by atoms with E-state index in [1.165, 1.54) is 0 Å². The minimum Gasteiger partial charge on any atom is -0.444 e. The number of hydrogen-bond acceptors (Lipinski definition) is 5. The zero-order valence-electron chi connectivity index (χ0n) is 21.7. The molecule has 1 aliphatic heterocycles. The Morgan fingerprint density at radius 2 is 1.51 bits per heavy atom. The van der Waals surface area contributed by atoms with E-state index in [4.69, 9.17) is 16.3 Å². The number of para-hydroxylation sites is 1. The van der Waals surface area contributed by atoms with Crippen LogP contribution >= 0.6 is 11.6 Å². The molecule has 0 atom stereocenters. The van der Waals surface area contributed by atoms with Gasteiger partial charge in [-0.1, -0.05) is 29.8 Å². The van der Waals surface area contributed by atoms with Gasteiger partial charge >= 0.3 is 6.09 Å². The van der Waals surface area contributed by atoms with Crippen LogP contribution in [0.5, 0.6) is 0 Å². The number of nitrogens with zero attached hydrogens (tertiary/aromatic N) is 2. The number of rotatable bonds is 5. The molecule has 3 aromatic rings. The van der Waals surface area contributed by atoms with Gasteiger partial charge in [0.1, 0.15) is 5.60 Å². The smallest absolute Gasteiger partial charge is 0.410 e. The fourth-order valence-electron chi connectivity index (χ4n) is 4.11. The number of benzene rings is 3. The summed E-state index contributed by atoms with van der Waals surface area (Å²) in [5.74, 6) is -0.207. The number of piperazine rings is 1. The molecular formula is C29H33ClN4O3. The van der Waals surface area contributed by atoms with E-state index in [-0.39, 0.29) is 12.0 Å². The van der Waals surface area contributed by atoms with Gasteiger partial charge in [0.25, 0.3) is 5.91 Å². The summed E-state index contributed by atoms with van der Waals surface area (Å²) < 4.78 is 5.48. The van der Waals surface area contributed by atoms with Gasteiger partial charge in [-0.25, -0.2) is 4.79 Å². The van der Waals surface area contributed by atoms with E-state index in [1.807, 2.05) is 88.4 Å². The minimum absolute atomic E-state index is 0.207. The maximum atomic E-state index is 13.1. The van der Waals surface area contributed by atoms with E-state index in [1.54, 1.807) is 11.0 Å². The lowest BCUT2D eigenvalue weighted by Crippen LogP contribution is -2.50. The zero-order chi connectivity index (χ0) is 26.6. The minimum atomic E-state index is -0.501. The second kappa shape index (κ2) is 11.1. The number of hydrogen-bond donors (Lipinski definition) is 2. The number of amides is 2. The number of carbonyl (C=O) groups is 2. The van der Waals surface area contributed by atoms with Gasteiger partial charge in [-0.15, -0.1) is 0 Å². The van der Waals surface area contributed by atoms with Crippen LogP contribution in [0.3, 0.4) is 0 Å². The Bertz CT molecular complexity index is 1260. The van der Waals surface area contributed by atoms with Crippen molar-refractivity contribution in [1.29, 1.82) is 0 Å². The lowest BCUT2D eigenvalue weighted by atomic mass is 10.1. The van der Waals surface area contributed by atoms with Crippen molar-refractivity contribution in [3.63, 3.8) is 0 Å². The summed E-state index contributed by atoms with van der Waals surface area (Å²) in [4.78, 5) is 29.4. The molecule has 0 spiro atoms. The molecule has 1 aliphatic rings. The Morgan fingerprint density at radius 3 is 2.19 bits per heavy atom. The Hall–Kier alpha value is -3.71. The molecule has 0 bridgehead atoms. The van der Waals surface area contributed by atoms with Crippen LogP contribution in [0.15, 0.2) is 66.7 Å². The molecule has 7 nitrogen and oxygen atoms in total. The fourth-order valence-corrected chi connectivity index (χ4v) is 4.28. The second-order valence-electron chi connectivity index (χ2n) is 10.0. The molecule has 0 aliphatic carbocycles. The molecule has 0 unspecified atom stereocenters. The summed E-state index contributed by atoms with van der Waals surface area (Å²) in [5.41, 5.74) is 4.24. The molecule has 3 aromatic carbocycles. The van der Waals surface area contributed by atoms with Crippen LogP contribution in [0.4, 0.5) is 27.5 Å². The number of ether oxygens (including phenoxy) is 1. The van der Waals surface area contributed by atoms with E-state index < -0.39 is 5.60 Å². The highest BCUT2D eigenvalue weighted by Crippen LogP contribution is 2.28. The molecule has 194 valence electrons. The molecule has 8 heteroatoms. The molecule has 0 radical (unpaired) electrons. The summed E-state index contributed by atoms with van der Waals surface area (Å²) in [7, 11) is 0. The molecule has 0 aromatic heterocycles. The summed E-state index contributed by atoms with van der Waals surface area (Å²) in [6, 6.07) is 20.8. The van der Waals surface area contributed by atoms with Crippen molar-refractivity contribution in [3.8, 4) is 0 Å². The van der Waals surface area contributed by atoms with Crippen LogP contribution < -0.4 is 15.5 Å². The van der Waals surface area contributed by atoms with Crippen LogP contribution in [-0.2, 0) is 4.74 Å². The first-order valence-electron chi connectivity index (χ1n) is 12.4. The first kappa shape index (κ1) is 26.4. The average Bonchev–Trinajstić information content (AvgIpc) is 2.87. The molecule has 2 N–H and O–H groups in total. The van der Waals surface area contributed by atoms with Crippen molar-refractivity contribution in [2.75, 3.05) is 41.7 Å². The SMILES string of the molecule is Cc1c(Cl)cccc1Nc1ccccc1C(=O)Nc1ccc(N2CCN(C(=O)OC(C)(C)C)CC2)cc1. The predicted molar refractivity (Wildman–Crippen MR) is 150 cm³/mol. The molecule has 0 saturated carbocycles. The van der Waals surface area contributed by atoms with E-state index in [0.29, 0.717) is 48.1 Å². The monoisotopic (exact) mass is 520 g/mol. The summed E-state index contributed by atoms with van der Waals surface area (Å²) in [5, 5.41) is 6.99. The maximum Gasteiger partial charge on any atom is 0.410 e. The number of carbonyl (C=O) groups excluding carboxylic acids is 2. The quantitative estimate of drug-likeness (QED) is 0.391. The Balaban J connectivity index is 1.37. The zero-order valence-corrected chi connectivity index (χ0v) is 22.4. The number of halogens is 1. The largest absolute Gasteiger partial charge is 0.444 e. The predicted octanol–water partition coefficient (Wildman–Crippen LogP) is 6.70. The normalized spacial score (nSPS) is 13.8. The third-order valence-electron chi connectivity index (χ3n) is 6.13. The lowest BCUT2D eigenvalue weighted by molar-refractivity contribution is 0.0240. The van der Waals surface area contributed by atoms with E-state index in [9.17, 15) is 9.59 Å². The number of nitrogens with one attached hydrogen (secondary N) is 2. The fraction of sp³-hybridized carbons (Fsp3) is 0.310. The highest BCUT2D eigenvalue weighted by atomic mass is 35.5. The topological polar surface area (TPSA) is 73.9 Å². The summed E-state index contributed by atoms with van der Waals surface area (Å²) in [6.07, 6.45) is -0.273. The highest BCUT2D eigenvalue weighted by Gasteiger charge is 2.26. The first-order chi connectivity index (χ1) is 17.6. The number of anilines is 4. The molecule has 1 saturated heterocycles. The Morgan fingerprint density at radius 1 is 0.865 bits per heavy atom. The van der Waals surface area contributed by atoms with Gasteiger partial charge in [0, 0.05) is 48.3 Å². The van der Waals surface area contributed by atoms with E-state index in [2.05, 4.69) is 15.5 Å². The van der Waals surface area contributed by atoms with Gasteiger partial charge in [-0.2, -0.15) is 0 Å². The Kier molecular flexibility index (Phi) is 7.93. The van der Waals surface area contributed by atoms with Crippen LogP contribution in [0.1, 0.15) is 36.7 Å². The van der Waals surface area contributed by atoms with E-state index in [0.717, 1.165) is 16.9 Å². The van der Waals surface area contributed by atoms with Crippen LogP contribution in [0, 0.1) is 6.92 Å². The molecule has 4 rings (SSSR count). The summed E-state index contributed by atoms with van der Waals surface area (Å²) >= 11 is 6.26. The third kappa shape index (κ3) is 6.74. The molecule has 2 amide bonds.